The number of amides is 1. The van der Waals surface area contributed by atoms with Crippen LogP contribution < -0.4 is 10.2 Å². The van der Waals surface area contributed by atoms with Crippen molar-refractivity contribution in [3.8, 4) is 0 Å². The van der Waals surface area contributed by atoms with Gasteiger partial charge in [-0.15, -0.1) is 0 Å². The van der Waals surface area contributed by atoms with Crippen LogP contribution in [-0.4, -0.2) is 23.5 Å². The molecule has 2 rings (SSSR count). The first-order chi connectivity index (χ1) is 7.09. The number of pyridine rings is 1. The van der Waals surface area contributed by atoms with E-state index < -0.39 is 0 Å². The van der Waals surface area contributed by atoms with Gasteiger partial charge in [-0.05, 0) is 28.9 Å². The average Bonchev–Trinajstić information content (AvgIpc) is 2.17. The maximum absolute atomic E-state index is 11.5. The lowest BCUT2D eigenvalue weighted by atomic mass is 10.1. The highest BCUT2D eigenvalue weighted by Crippen LogP contribution is 2.32. The second-order valence-corrected chi connectivity index (χ2v) is 4.46. The van der Waals surface area contributed by atoms with Gasteiger partial charge in [-0.25, -0.2) is 4.98 Å². The molecule has 2 heterocycles. The normalized spacial score (nSPS) is 19.4. The Morgan fingerprint density at radius 3 is 3.13 bits per heavy atom. The first kappa shape index (κ1) is 10.4. The smallest absolute Gasteiger partial charge is 0.224 e. The third-order valence-electron chi connectivity index (χ3n) is 2.48. The Balaban J connectivity index is 2.48. The summed E-state index contributed by atoms with van der Waals surface area (Å²) < 4.78 is 0.770. The molecule has 4 nitrogen and oxygen atoms in total. The molecule has 1 unspecified atom stereocenters. The molecule has 0 fully saturated rings. The van der Waals surface area contributed by atoms with E-state index in [1.165, 1.54) is 0 Å². The largest absolute Gasteiger partial charge is 0.381 e. The fourth-order valence-electron chi connectivity index (χ4n) is 1.82. The second-order valence-electron chi connectivity index (χ2n) is 3.64. The molecule has 1 aliphatic heterocycles. The van der Waals surface area contributed by atoms with Crippen LogP contribution >= 0.6 is 15.9 Å². The van der Waals surface area contributed by atoms with Gasteiger partial charge < -0.3 is 10.2 Å². The van der Waals surface area contributed by atoms with Gasteiger partial charge in [0.1, 0.15) is 4.60 Å². The molecule has 80 valence electrons. The molecule has 0 saturated heterocycles. The van der Waals surface area contributed by atoms with Crippen LogP contribution in [0.1, 0.15) is 13.8 Å². The van der Waals surface area contributed by atoms with Gasteiger partial charge in [0.25, 0.3) is 0 Å². The highest BCUT2D eigenvalue weighted by molar-refractivity contribution is 9.10. The van der Waals surface area contributed by atoms with Crippen molar-refractivity contribution in [3.05, 3.63) is 16.9 Å². The summed E-state index contributed by atoms with van der Waals surface area (Å²) in [5, 5.41) is 3.27. The predicted octanol–water partition coefficient (Wildman–Crippen LogP) is 2.01. The molecular formula is C10H12BrN3O. The van der Waals surface area contributed by atoms with Crippen molar-refractivity contribution in [2.45, 2.75) is 19.9 Å². The van der Waals surface area contributed by atoms with E-state index in [0.29, 0.717) is 0 Å². The third-order valence-corrected chi connectivity index (χ3v) is 2.91. The minimum Gasteiger partial charge on any atom is -0.381 e. The topological polar surface area (TPSA) is 45.2 Å². The van der Waals surface area contributed by atoms with E-state index >= 15 is 0 Å². The lowest BCUT2D eigenvalue weighted by molar-refractivity contribution is -0.116. The average molecular weight is 270 g/mol. The van der Waals surface area contributed by atoms with Crippen molar-refractivity contribution in [2.24, 2.45) is 0 Å². The number of nitrogens with zero attached hydrogens (tertiary/aromatic N) is 2. The highest BCUT2D eigenvalue weighted by atomic mass is 79.9. The molecule has 1 aromatic heterocycles. The number of carbonyl (C=O) groups is 1. The van der Waals surface area contributed by atoms with Gasteiger partial charge in [0.05, 0.1) is 23.6 Å². The van der Waals surface area contributed by atoms with E-state index in [9.17, 15) is 4.79 Å². The standard InChI is InChI=1S/C10H12BrN3O/c1-6-4-12-8-3-10(11)13-5-9(8)14(6)7(2)15/h3,5-6,12H,4H2,1-2H3. The summed E-state index contributed by atoms with van der Waals surface area (Å²) >= 11 is 3.31. The van der Waals surface area contributed by atoms with Crippen LogP contribution in [0, 0.1) is 0 Å². The van der Waals surface area contributed by atoms with Crippen molar-refractivity contribution in [1.82, 2.24) is 4.98 Å². The van der Waals surface area contributed by atoms with Gasteiger partial charge in [-0.3, -0.25) is 4.79 Å². The van der Waals surface area contributed by atoms with E-state index in [-0.39, 0.29) is 11.9 Å². The SMILES string of the molecule is CC(=O)N1c2cnc(Br)cc2NCC1C. The number of aromatic nitrogens is 1. The quantitative estimate of drug-likeness (QED) is 0.733. The fourth-order valence-corrected chi connectivity index (χ4v) is 2.15. The molecule has 1 aromatic rings. The Bertz CT molecular complexity index is 408. The maximum Gasteiger partial charge on any atom is 0.224 e. The number of fused-ring (bicyclic) bond motifs is 1. The molecule has 0 bridgehead atoms. The zero-order valence-electron chi connectivity index (χ0n) is 8.62. The summed E-state index contributed by atoms with van der Waals surface area (Å²) in [5.41, 5.74) is 1.80. The highest BCUT2D eigenvalue weighted by Gasteiger charge is 2.26. The molecule has 0 spiro atoms. The predicted molar refractivity (Wildman–Crippen MR) is 63.0 cm³/mol. The molecule has 15 heavy (non-hydrogen) atoms. The van der Waals surface area contributed by atoms with Crippen molar-refractivity contribution >= 4 is 33.2 Å². The maximum atomic E-state index is 11.5. The molecule has 1 amide bonds. The molecule has 0 saturated carbocycles. The zero-order valence-corrected chi connectivity index (χ0v) is 10.2. The molecule has 1 atom stereocenters. The van der Waals surface area contributed by atoms with Crippen molar-refractivity contribution in [2.75, 3.05) is 16.8 Å². The molecule has 1 aliphatic rings. The summed E-state index contributed by atoms with van der Waals surface area (Å²) in [6, 6.07) is 2.05. The summed E-state index contributed by atoms with van der Waals surface area (Å²) in [5.74, 6) is 0.0503. The molecule has 0 radical (unpaired) electrons. The Morgan fingerprint density at radius 2 is 2.47 bits per heavy atom. The van der Waals surface area contributed by atoms with Gasteiger partial charge in [-0.2, -0.15) is 0 Å². The Hall–Kier alpha value is -1.10. The first-order valence-corrected chi connectivity index (χ1v) is 5.58. The van der Waals surface area contributed by atoms with Crippen molar-refractivity contribution < 1.29 is 4.79 Å². The summed E-state index contributed by atoms with van der Waals surface area (Å²) in [4.78, 5) is 17.4. The van der Waals surface area contributed by atoms with Crippen LogP contribution in [0.2, 0.25) is 0 Å². The number of hydrogen-bond donors (Lipinski definition) is 1. The van der Waals surface area contributed by atoms with Crippen LogP contribution in [-0.2, 0) is 4.79 Å². The first-order valence-electron chi connectivity index (χ1n) is 4.79. The Kier molecular flexibility index (Phi) is 2.65. The minimum atomic E-state index is 0.0503. The van der Waals surface area contributed by atoms with Gasteiger partial charge in [0.2, 0.25) is 5.91 Å². The number of rotatable bonds is 0. The van der Waals surface area contributed by atoms with Crippen LogP contribution in [0.3, 0.4) is 0 Å². The van der Waals surface area contributed by atoms with Crippen LogP contribution in [0.4, 0.5) is 11.4 Å². The second kappa shape index (κ2) is 3.81. The fraction of sp³-hybridized carbons (Fsp3) is 0.400. The van der Waals surface area contributed by atoms with E-state index in [1.807, 2.05) is 13.0 Å². The third kappa shape index (κ3) is 1.84. The number of halogens is 1. The number of nitrogens with one attached hydrogen (secondary N) is 1. The van der Waals surface area contributed by atoms with Crippen LogP contribution in [0.25, 0.3) is 0 Å². The molecule has 5 heteroatoms. The summed E-state index contributed by atoms with van der Waals surface area (Å²) in [7, 11) is 0. The lowest BCUT2D eigenvalue weighted by Gasteiger charge is -2.34. The Labute approximate surface area is 96.8 Å². The molecular weight excluding hydrogens is 258 g/mol. The van der Waals surface area contributed by atoms with E-state index in [2.05, 4.69) is 26.2 Å². The number of hydrogen-bond acceptors (Lipinski definition) is 3. The van der Waals surface area contributed by atoms with Crippen molar-refractivity contribution in [3.63, 3.8) is 0 Å². The number of carbonyl (C=O) groups excluding carboxylic acids is 1. The van der Waals surface area contributed by atoms with Crippen LogP contribution in [0.15, 0.2) is 16.9 Å². The monoisotopic (exact) mass is 269 g/mol. The molecule has 0 aromatic carbocycles. The van der Waals surface area contributed by atoms with E-state index in [0.717, 1.165) is 22.5 Å². The van der Waals surface area contributed by atoms with Crippen LogP contribution in [0.5, 0.6) is 0 Å². The number of anilines is 2. The van der Waals surface area contributed by atoms with Crippen molar-refractivity contribution in [1.29, 1.82) is 0 Å². The zero-order chi connectivity index (χ0) is 11.0. The van der Waals surface area contributed by atoms with Gasteiger partial charge in [0.15, 0.2) is 0 Å². The van der Waals surface area contributed by atoms with Gasteiger partial charge >= 0.3 is 0 Å². The van der Waals surface area contributed by atoms with E-state index in [4.69, 9.17) is 0 Å². The Morgan fingerprint density at radius 1 is 1.73 bits per heavy atom. The van der Waals surface area contributed by atoms with Gasteiger partial charge in [-0.1, -0.05) is 0 Å². The molecule has 1 N–H and O–H groups in total. The summed E-state index contributed by atoms with van der Waals surface area (Å²) in [6.07, 6.45) is 1.71. The lowest BCUT2D eigenvalue weighted by Crippen LogP contribution is -2.44. The van der Waals surface area contributed by atoms with Gasteiger partial charge in [0, 0.05) is 13.5 Å². The summed E-state index contributed by atoms with van der Waals surface area (Å²) in [6.45, 7) is 4.36. The van der Waals surface area contributed by atoms with E-state index in [1.54, 1.807) is 18.0 Å². The minimum absolute atomic E-state index is 0.0503. The molecule has 0 aliphatic carbocycles.